The second-order valence-electron chi connectivity index (χ2n) is 9.90. The normalized spacial score (nSPS) is 20.1. The molecule has 0 bridgehead atoms. The van der Waals surface area contributed by atoms with Gasteiger partial charge in [-0.05, 0) is 36.8 Å². The maximum Gasteiger partial charge on any atom is 0.329 e. The summed E-state index contributed by atoms with van der Waals surface area (Å²) < 4.78 is 39.4. The van der Waals surface area contributed by atoms with E-state index in [2.05, 4.69) is 10.3 Å². The van der Waals surface area contributed by atoms with Gasteiger partial charge in [0.2, 0.25) is 6.79 Å². The van der Waals surface area contributed by atoms with E-state index in [1.807, 2.05) is 54.6 Å². The van der Waals surface area contributed by atoms with Gasteiger partial charge in [0.25, 0.3) is 5.91 Å². The van der Waals surface area contributed by atoms with Crippen LogP contribution in [0.5, 0.6) is 23.0 Å². The van der Waals surface area contributed by atoms with Crippen molar-refractivity contribution in [2.75, 3.05) is 27.6 Å². The molecule has 1 aliphatic rings. The van der Waals surface area contributed by atoms with Gasteiger partial charge < -0.3 is 38.5 Å². The number of aromatic nitrogens is 1. The fourth-order valence-corrected chi connectivity index (χ4v) is 4.60. The number of rotatable bonds is 11. The second-order valence-corrected chi connectivity index (χ2v) is 9.90. The van der Waals surface area contributed by atoms with E-state index >= 15 is 0 Å². The number of esters is 2. The summed E-state index contributed by atoms with van der Waals surface area (Å²) in [6.45, 7) is 2.60. The van der Waals surface area contributed by atoms with Crippen molar-refractivity contribution in [1.82, 2.24) is 10.3 Å². The maximum atomic E-state index is 13.4. The largest absolute Gasteiger partial charge is 0.497 e. The van der Waals surface area contributed by atoms with Gasteiger partial charge in [0.15, 0.2) is 23.3 Å². The lowest BCUT2D eigenvalue weighted by Gasteiger charge is -2.31. The van der Waals surface area contributed by atoms with Gasteiger partial charge >= 0.3 is 11.9 Å². The number of nitrogens with zero attached hydrogens (tertiary/aromatic N) is 1. The third-order valence-corrected chi connectivity index (χ3v) is 6.84. The summed E-state index contributed by atoms with van der Waals surface area (Å²) in [5.41, 5.74) is 0.811. The molecular formula is C32H36N2O10. The Kier molecular flexibility index (Phi) is 11.4. The maximum absolute atomic E-state index is 13.4. The first-order chi connectivity index (χ1) is 21.3. The summed E-state index contributed by atoms with van der Waals surface area (Å²) in [6.07, 6.45) is 0.0237. The van der Waals surface area contributed by atoms with Crippen LogP contribution in [-0.2, 0) is 30.2 Å². The number of hydrogen-bond acceptors (Lipinski definition) is 11. The molecule has 12 nitrogen and oxygen atoms in total. The number of benzene rings is 2. The second kappa shape index (κ2) is 15.6. The molecule has 1 aromatic heterocycles. The molecule has 44 heavy (non-hydrogen) atoms. The van der Waals surface area contributed by atoms with Crippen LogP contribution in [-0.4, -0.2) is 74.8 Å². The number of nitrogens with one attached hydrogen (secondary N) is 1. The predicted molar refractivity (Wildman–Crippen MR) is 157 cm³/mol. The van der Waals surface area contributed by atoms with Gasteiger partial charge in [0, 0.05) is 38.6 Å². The molecule has 0 unspecified atom stereocenters. The summed E-state index contributed by atoms with van der Waals surface area (Å²) in [6, 6.07) is 17.2. The number of cyclic esters (lactones) is 1. The molecule has 1 aliphatic heterocycles. The molecule has 4 rings (SSSR count). The van der Waals surface area contributed by atoms with Crippen LogP contribution in [0.25, 0.3) is 0 Å². The molecule has 1 amide bonds. The standard InChI is InChI=1S/C32H36N2O10/c1-20-29(44-24-8-6-5-7-9-24)27(18-22-10-12-23(38-3)13-11-22)40-17-15-25(32(37)43-20)34-31(36)28-30(42-19-41-21(2)35)26(39-4)14-16-33-28/h5-14,16,20,25,27,29H,15,17-19H2,1-4H3,(H,34,36)/t20-,25-,27+,29-/m0/s1. The van der Waals surface area contributed by atoms with Crippen molar-refractivity contribution >= 4 is 17.8 Å². The van der Waals surface area contributed by atoms with E-state index in [9.17, 15) is 14.4 Å². The molecule has 2 aromatic carbocycles. The summed E-state index contributed by atoms with van der Waals surface area (Å²) in [5, 5.41) is 2.68. The van der Waals surface area contributed by atoms with E-state index in [0.717, 1.165) is 11.3 Å². The minimum atomic E-state index is -1.07. The first kappa shape index (κ1) is 32.1. The van der Waals surface area contributed by atoms with E-state index < -0.39 is 49.0 Å². The Morgan fingerprint density at radius 2 is 1.75 bits per heavy atom. The topological polar surface area (TPSA) is 141 Å². The minimum absolute atomic E-state index is 0.0503. The molecule has 12 heteroatoms. The van der Waals surface area contributed by atoms with Crippen molar-refractivity contribution in [2.45, 2.75) is 51.0 Å². The average molecular weight is 609 g/mol. The number of para-hydroxylation sites is 1. The minimum Gasteiger partial charge on any atom is -0.497 e. The molecule has 1 saturated heterocycles. The van der Waals surface area contributed by atoms with Crippen LogP contribution in [0.15, 0.2) is 66.9 Å². The Hall–Kier alpha value is -4.84. The van der Waals surface area contributed by atoms with Gasteiger partial charge in [-0.3, -0.25) is 9.59 Å². The third-order valence-electron chi connectivity index (χ3n) is 6.84. The first-order valence-corrected chi connectivity index (χ1v) is 14.1. The average Bonchev–Trinajstić information content (AvgIpc) is 3.07. The lowest BCUT2D eigenvalue weighted by atomic mass is 10.00. The van der Waals surface area contributed by atoms with Gasteiger partial charge in [-0.25, -0.2) is 9.78 Å². The van der Waals surface area contributed by atoms with Crippen LogP contribution in [0.4, 0.5) is 0 Å². The van der Waals surface area contributed by atoms with Gasteiger partial charge in [-0.1, -0.05) is 30.3 Å². The van der Waals surface area contributed by atoms with E-state index in [-0.39, 0.29) is 30.2 Å². The van der Waals surface area contributed by atoms with Crippen molar-refractivity contribution in [2.24, 2.45) is 0 Å². The van der Waals surface area contributed by atoms with Crippen LogP contribution in [0.3, 0.4) is 0 Å². The van der Waals surface area contributed by atoms with Crippen molar-refractivity contribution in [3.8, 4) is 23.0 Å². The lowest BCUT2D eigenvalue weighted by molar-refractivity contribution is -0.157. The highest BCUT2D eigenvalue weighted by Crippen LogP contribution is 2.30. The van der Waals surface area contributed by atoms with Crippen molar-refractivity contribution in [3.05, 3.63) is 78.1 Å². The van der Waals surface area contributed by atoms with Gasteiger partial charge in [-0.15, -0.1) is 0 Å². The summed E-state index contributed by atoms with van der Waals surface area (Å²) in [7, 11) is 2.99. The van der Waals surface area contributed by atoms with E-state index in [0.29, 0.717) is 12.2 Å². The molecule has 1 fully saturated rings. The Morgan fingerprint density at radius 1 is 1.00 bits per heavy atom. The zero-order valence-electron chi connectivity index (χ0n) is 25.0. The molecule has 0 radical (unpaired) electrons. The van der Waals surface area contributed by atoms with E-state index in [1.54, 1.807) is 14.0 Å². The summed E-state index contributed by atoms with van der Waals surface area (Å²) >= 11 is 0. The third kappa shape index (κ3) is 8.60. The fraction of sp³-hybridized carbons (Fsp3) is 0.375. The van der Waals surface area contributed by atoms with Crippen LogP contribution in [0.1, 0.15) is 36.3 Å². The molecule has 0 spiro atoms. The van der Waals surface area contributed by atoms with Gasteiger partial charge in [0.1, 0.15) is 29.7 Å². The number of pyridine rings is 1. The van der Waals surface area contributed by atoms with E-state index in [1.165, 1.54) is 26.3 Å². The van der Waals surface area contributed by atoms with Crippen molar-refractivity contribution < 1.29 is 47.5 Å². The number of carbonyl (C=O) groups is 3. The first-order valence-electron chi connectivity index (χ1n) is 14.1. The van der Waals surface area contributed by atoms with Crippen molar-refractivity contribution in [3.63, 3.8) is 0 Å². The summed E-state index contributed by atoms with van der Waals surface area (Å²) in [4.78, 5) is 42.1. The molecule has 0 saturated carbocycles. The van der Waals surface area contributed by atoms with E-state index in [4.69, 9.17) is 33.2 Å². The molecule has 3 aromatic rings. The highest BCUT2D eigenvalue weighted by atomic mass is 16.7. The van der Waals surface area contributed by atoms with Crippen LogP contribution in [0.2, 0.25) is 0 Å². The van der Waals surface area contributed by atoms with Gasteiger partial charge in [-0.2, -0.15) is 0 Å². The smallest absolute Gasteiger partial charge is 0.329 e. The molecule has 0 aliphatic carbocycles. The zero-order chi connectivity index (χ0) is 31.5. The number of hydrogen-bond donors (Lipinski definition) is 1. The van der Waals surface area contributed by atoms with Crippen LogP contribution < -0.4 is 24.3 Å². The fourth-order valence-electron chi connectivity index (χ4n) is 4.60. The SMILES string of the molecule is COc1ccc(C[C@H]2OCC[C@H](NC(=O)c3nccc(OC)c3OCOC(C)=O)C(=O)O[C@@H](C)[C@@H]2Oc2ccccc2)cc1. The molecule has 2 heterocycles. The predicted octanol–water partition coefficient (Wildman–Crippen LogP) is 3.51. The quantitative estimate of drug-likeness (QED) is 0.253. The Balaban J connectivity index is 1.54. The van der Waals surface area contributed by atoms with Gasteiger partial charge in [0.05, 0.1) is 14.2 Å². The van der Waals surface area contributed by atoms with Crippen LogP contribution >= 0.6 is 0 Å². The zero-order valence-corrected chi connectivity index (χ0v) is 25.0. The number of amides is 1. The number of carbonyl (C=O) groups excluding carboxylic acids is 3. The molecule has 234 valence electrons. The lowest BCUT2D eigenvalue weighted by Crippen LogP contribution is -2.47. The number of ether oxygens (including phenoxy) is 7. The number of methoxy groups -OCH3 is 2. The Morgan fingerprint density at radius 3 is 2.43 bits per heavy atom. The molecule has 4 atom stereocenters. The Bertz CT molecular complexity index is 1400. The monoisotopic (exact) mass is 608 g/mol. The van der Waals surface area contributed by atoms with Crippen molar-refractivity contribution in [1.29, 1.82) is 0 Å². The summed E-state index contributed by atoms with van der Waals surface area (Å²) in [5.74, 6) is -0.486. The Labute approximate surface area is 255 Å². The molecular weight excluding hydrogens is 572 g/mol. The molecule has 1 N–H and O–H groups in total. The highest BCUT2D eigenvalue weighted by Gasteiger charge is 2.37. The van der Waals surface area contributed by atoms with Crippen LogP contribution in [0, 0.1) is 0 Å². The highest BCUT2D eigenvalue weighted by molar-refractivity contribution is 5.98.